The highest BCUT2D eigenvalue weighted by Crippen LogP contribution is 2.48. The number of fused-ring (bicyclic) bond motifs is 1. The molecule has 1 aromatic heterocycles. The Morgan fingerprint density at radius 3 is 3.05 bits per heavy atom. The molecule has 1 saturated carbocycles. The van der Waals surface area contributed by atoms with E-state index in [0.29, 0.717) is 12.0 Å². The predicted molar refractivity (Wildman–Crippen MR) is 83.2 cm³/mol. The number of rotatable bonds is 5. The summed E-state index contributed by atoms with van der Waals surface area (Å²) in [7, 11) is 0. The summed E-state index contributed by atoms with van der Waals surface area (Å²) in [6.07, 6.45) is 2.32. The molecule has 1 N–H and O–H groups in total. The molecule has 1 aliphatic rings. The van der Waals surface area contributed by atoms with E-state index in [1.165, 1.54) is 18.2 Å². The maximum Gasteiger partial charge on any atom is 0.313 e. The van der Waals surface area contributed by atoms with Gasteiger partial charge in [0.05, 0.1) is 16.8 Å². The number of benzene rings is 1. The molecule has 1 aromatic carbocycles. The summed E-state index contributed by atoms with van der Waals surface area (Å²) in [4.78, 5) is 15.4. The lowest BCUT2D eigenvalue weighted by Gasteiger charge is -2.07. The average molecular weight is 355 g/mol. The number of carbonyl (C=O) groups is 1. The van der Waals surface area contributed by atoms with Crippen molar-refractivity contribution in [2.45, 2.75) is 31.0 Å². The highest BCUT2D eigenvalue weighted by molar-refractivity contribution is 9.10. The van der Waals surface area contributed by atoms with Crippen LogP contribution in [0.4, 0.5) is 0 Å². The van der Waals surface area contributed by atoms with Gasteiger partial charge >= 0.3 is 5.97 Å². The van der Waals surface area contributed by atoms with Gasteiger partial charge in [0.15, 0.2) is 5.16 Å². The zero-order valence-corrected chi connectivity index (χ0v) is 13.4. The minimum absolute atomic E-state index is 0.0496. The Morgan fingerprint density at radius 1 is 1.60 bits per heavy atom. The van der Waals surface area contributed by atoms with Crippen molar-refractivity contribution in [2.75, 3.05) is 5.75 Å². The molecule has 0 spiro atoms. The second kappa shape index (κ2) is 5.41. The number of thioether (sulfide) groups is 1. The Labute approximate surface area is 129 Å². The van der Waals surface area contributed by atoms with E-state index in [1.807, 2.05) is 12.1 Å². The van der Waals surface area contributed by atoms with Gasteiger partial charge in [-0.05, 0) is 30.5 Å². The Morgan fingerprint density at radius 2 is 2.40 bits per heavy atom. The summed E-state index contributed by atoms with van der Waals surface area (Å²) in [6.45, 7) is 2.20. The van der Waals surface area contributed by atoms with Crippen molar-refractivity contribution >= 4 is 44.7 Å². The molecule has 2 atom stereocenters. The Hall–Kier alpha value is -1.01. The normalized spacial score (nSPS) is 21.3. The van der Waals surface area contributed by atoms with Crippen LogP contribution in [0.15, 0.2) is 27.8 Å². The second-order valence-corrected chi connectivity index (χ2v) is 6.91. The number of carboxylic acids is 1. The number of imidazole rings is 1. The lowest BCUT2D eigenvalue weighted by molar-refractivity contribution is -0.133. The largest absolute Gasteiger partial charge is 0.481 e. The van der Waals surface area contributed by atoms with Gasteiger partial charge in [0.25, 0.3) is 0 Å². The third-order valence-corrected chi connectivity index (χ3v) is 5.12. The van der Waals surface area contributed by atoms with Crippen LogP contribution < -0.4 is 0 Å². The molecule has 0 radical (unpaired) electrons. The molecule has 1 aliphatic carbocycles. The lowest BCUT2D eigenvalue weighted by Crippen LogP contribution is -2.03. The molecular weight excluding hydrogens is 340 g/mol. The standard InChI is InChI=1S/C14H15BrN2O2S/c1-2-8-5-12(8)17-11-4-3-9(15)6-10(11)16-14(17)20-7-13(18)19/h3-4,6,8,12H,2,5,7H2,1H3,(H,18,19). The molecule has 1 heterocycles. The van der Waals surface area contributed by atoms with E-state index < -0.39 is 5.97 Å². The molecule has 20 heavy (non-hydrogen) atoms. The molecule has 2 unspecified atom stereocenters. The van der Waals surface area contributed by atoms with E-state index in [0.717, 1.165) is 27.1 Å². The molecule has 6 heteroatoms. The maximum atomic E-state index is 10.8. The lowest BCUT2D eigenvalue weighted by atomic mass is 10.3. The highest BCUT2D eigenvalue weighted by atomic mass is 79.9. The quantitative estimate of drug-likeness (QED) is 0.826. The van der Waals surface area contributed by atoms with E-state index in [1.54, 1.807) is 0 Å². The number of aliphatic carboxylic acids is 1. The summed E-state index contributed by atoms with van der Waals surface area (Å²) in [6, 6.07) is 6.53. The van der Waals surface area contributed by atoms with Crippen LogP contribution in [0.25, 0.3) is 11.0 Å². The predicted octanol–water partition coefficient (Wildman–Crippen LogP) is 3.95. The smallest absolute Gasteiger partial charge is 0.313 e. The molecule has 106 valence electrons. The Bertz CT molecular complexity index is 670. The third kappa shape index (κ3) is 2.59. The molecule has 0 aliphatic heterocycles. The second-order valence-electron chi connectivity index (χ2n) is 5.05. The van der Waals surface area contributed by atoms with Gasteiger partial charge < -0.3 is 9.67 Å². The van der Waals surface area contributed by atoms with Gasteiger partial charge in [0.1, 0.15) is 0 Å². The first-order valence-electron chi connectivity index (χ1n) is 6.62. The van der Waals surface area contributed by atoms with Crippen LogP contribution in [-0.4, -0.2) is 26.4 Å². The van der Waals surface area contributed by atoms with Gasteiger partial charge in [-0.1, -0.05) is 41.0 Å². The number of hydrogen-bond acceptors (Lipinski definition) is 3. The number of hydrogen-bond donors (Lipinski definition) is 1. The zero-order valence-electron chi connectivity index (χ0n) is 11.0. The SMILES string of the molecule is CCC1CC1n1c(SCC(=O)O)nc2cc(Br)ccc21. The van der Waals surface area contributed by atoms with Crippen LogP contribution in [0.5, 0.6) is 0 Å². The molecule has 0 saturated heterocycles. The number of halogens is 1. The molecule has 2 aromatic rings. The van der Waals surface area contributed by atoms with Crippen LogP contribution in [0, 0.1) is 5.92 Å². The average Bonchev–Trinajstić information content (AvgIpc) is 3.09. The first kappa shape index (κ1) is 13.9. The fourth-order valence-corrected chi connectivity index (χ4v) is 3.72. The zero-order chi connectivity index (χ0) is 14.3. The van der Waals surface area contributed by atoms with Gasteiger partial charge in [0.2, 0.25) is 0 Å². The monoisotopic (exact) mass is 354 g/mol. The van der Waals surface area contributed by atoms with Gasteiger partial charge in [-0.3, -0.25) is 4.79 Å². The fraction of sp³-hybridized carbons (Fsp3) is 0.429. The summed E-state index contributed by atoms with van der Waals surface area (Å²) >= 11 is 4.76. The van der Waals surface area contributed by atoms with Crippen LogP contribution in [0.2, 0.25) is 0 Å². The summed E-state index contributed by atoms with van der Waals surface area (Å²) in [5, 5.41) is 9.69. The van der Waals surface area contributed by atoms with E-state index in [2.05, 4.69) is 38.5 Å². The first-order valence-corrected chi connectivity index (χ1v) is 8.40. The maximum absolute atomic E-state index is 10.8. The summed E-state index contributed by atoms with van der Waals surface area (Å²) in [5.41, 5.74) is 2.02. The van der Waals surface area contributed by atoms with Crippen molar-refractivity contribution in [3.05, 3.63) is 22.7 Å². The van der Waals surface area contributed by atoms with E-state index >= 15 is 0 Å². The molecule has 0 bridgehead atoms. The minimum Gasteiger partial charge on any atom is -0.481 e. The van der Waals surface area contributed by atoms with Crippen LogP contribution >= 0.6 is 27.7 Å². The van der Waals surface area contributed by atoms with Crippen molar-refractivity contribution in [3.8, 4) is 0 Å². The van der Waals surface area contributed by atoms with Gasteiger partial charge in [-0.2, -0.15) is 0 Å². The molecule has 1 fully saturated rings. The Balaban J connectivity index is 2.02. The number of aromatic nitrogens is 2. The summed E-state index contributed by atoms with van der Waals surface area (Å²) < 4.78 is 3.22. The minimum atomic E-state index is -0.808. The molecule has 0 amide bonds. The van der Waals surface area contributed by atoms with E-state index in [4.69, 9.17) is 5.11 Å². The first-order chi connectivity index (χ1) is 9.60. The molecule has 4 nitrogen and oxygen atoms in total. The topological polar surface area (TPSA) is 55.1 Å². The summed E-state index contributed by atoms with van der Waals surface area (Å²) in [5.74, 6) is -0.0635. The number of nitrogens with zero attached hydrogens (tertiary/aromatic N) is 2. The van der Waals surface area contributed by atoms with Gasteiger partial charge in [-0.25, -0.2) is 4.98 Å². The highest BCUT2D eigenvalue weighted by Gasteiger charge is 2.39. The van der Waals surface area contributed by atoms with Crippen molar-refractivity contribution in [2.24, 2.45) is 5.92 Å². The number of carboxylic acid groups (broad SMARTS) is 1. The Kier molecular flexibility index (Phi) is 3.77. The van der Waals surface area contributed by atoms with Crippen molar-refractivity contribution in [3.63, 3.8) is 0 Å². The van der Waals surface area contributed by atoms with Crippen LogP contribution in [0.3, 0.4) is 0 Å². The van der Waals surface area contributed by atoms with E-state index in [-0.39, 0.29) is 5.75 Å². The van der Waals surface area contributed by atoms with Gasteiger partial charge in [-0.15, -0.1) is 0 Å². The molecular formula is C14H15BrN2O2S. The molecule has 3 rings (SSSR count). The van der Waals surface area contributed by atoms with Gasteiger partial charge in [0, 0.05) is 10.5 Å². The van der Waals surface area contributed by atoms with E-state index in [9.17, 15) is 4.79 Å². The van der Waals surface area contributed by atoms with Crippen LogP contribution in [-0.2, 0) is 4.79 Å². The van der Waals surface area contributed by atoms with Crippen molar-refractivity contribution in [1.29, 1.82) is 0 Å². The van der Waals surface area contributed by atoms with Crippen molar-refractivity contribution < 1.29 is 9.90 Å². The van der Waals surface area contributed by atoms with Crippen LogP contribution in [0.1, 0.15) is 25.8 Å². The third-order valence-electron chi connectivity index (χ3n) is 3.69. The van der Waals surface area contributed by atoms with Crippen molar-refractivity contribution in [1.82, 2.24) is 9.55 Å². The fourth-order valence-electron chi connectivity index (χ4n) is 2.58.